The zero-order valence-electron chi connectivity index (χ0n) is 15.0. The Hall–Kier alpha value is -2.29. The third-order valence-electron chi connectivity index (χ3n) is 4.78. The van der Waals surface area contributed by atoms with Crippen molar-refractivity contribution in [3.05, 3.63) is 65.3 Å². The Morgan fingerprint density at radius 1 is 1.04 bits per heavy atom. The standard InChI is InChI=1S/C19H20N2O4S2/c1-24-16-8-7-14(13-17(16)25-2)19-15-5-3-9-20(15)10-11-21(19)27(22,23)18-6-4-12-26-18/h3-9,12-13,19H,10-11H2,1-2H3/t19-/m0/s1. The minimum Gasteiger partial charge on any atom is -0.493 e. The third-order valence-corrected chi connectivity index (χ3v) is 8.01. The van der Waals surface area contributed by atoms with E-state index >= 15 is 0 Å². The van der Waals surface area contributed by atoms with Crippen LogP contribution in [0.4, 0.5) is 0 Å². The number of sulfonamides is 1. The van der Waals surface area contributed by atoms with Crippen LogP contribution < -0.4 is 9.47 Å². The molecule has 0 spiro atoms. The fraction of sp³-hybridized carbons (Fsp3) is 0.263. The van der Waals surface area contributed by atoms with Crippen LogP contribution >= 0.6 is 11.3 Å². The van der Waals surface area contributed by atoms with E-state index in [1.807, 2.05) is 36.5 Å². The van der Waals surface area contributed by atoms with Gasteiger partial charge in [-0.05, 0) is 41.3 Å². The summed E-state index contributed by atoms with van der Waals surface area (Å²) in [5.74, 6) is 1.19. The topological polar surface area (TPSA) is 60.8 Å². The van der Waals surface area contributed by atoms with Crippen molar-refractivity contribution in [2.45, 2.75) is 16.8 Å². The summed E-state index contributed by atoms with van der Waals surface area (Å²) in [6, 6.07) is 12.5. The van der Waals surface area contributed by atoms with E-state index < -0.39 is 16.1 Å². The van der Waals surface area contributed by atoms with Crippen molar-refractivity contribution < 1.29 is 17.9 Å². The maximum absolute atomic E-state index is 13.3. The van der Waals surface area contributed by atoms with Crippen molar-refractivity contribution in [3.63, 3.8) is 0 Å². The minimum atomic E-state index is -3.61. The van der Waals surface area contributed by atoms with Crippen LogP contribution in [-0.2, 0) is 16.6 Å². The fourth-order valence-electron chi connectivity index (χ4n) is 3.51. The van der Waals surface area contributed by atoms with Crippen molar-refractivity contribution in [2.75, 3.05) is 20.8 Å². The largest absolute Gasteiger partial charge is 0.493 e. The fourth-order valence-corrected chi connectivity index (χ4v) is 6.21. The zero-order valence-corrected chi connectivity index (χ0v) is 16.7. The second kappa shape index (κ2) is 7.03. The molecule has 0 unspecified atom stereocenters. The van der Waals surface area contributed by atoms with Crippen molar-refractivity contribution in [1.29, 1.82) is 0 Å². The van der Waals surface area contributed by atoms with Crippen molar-refractivity contribution in [3.8, 4) is 11.5 Å². The number of rotatable bonds is 5. The maximum Gasteiger partial charge on any atom is 0.253 e. The lowest BCUT2D eigenvalue weighted by Crippen LogP contribution is -2.42. The number of hydrogen-bond acceptors (Lipinski definition) is 5. The predicted octanol–water partition coefficient (Wildman–Crippen LogP) is 3.36. The van der Waals surface area contributed by atoms with Crippen LogP contribution in [0.15, 0.2) is 58.3 Å². The number of fused-ring (bicyclic) bond motifs is 1. The first-order valence-corrected chi connectivity index (χ1v) is 10.8. The molecule has 0 bridgehead atoms. The number of thiophene rings is 1. The molecule has 1 aromatic carbocycles. The molecular weight excluding hydrogens is 384 g/mol. The molecular formula is C19H20N2O4S2. The highest BCUT2D eigenvalue weighted by atomic mass is 32.2. The summed E-state index contributed by atoms with van der Waals surface area (Å²) >= 11 is 1.24. The van der Waals surface area contributed by atoms with Gasteiger partial charge in [0, 0.05) is 25.0 Å². The van der Waals surface area contributed by atoms with E-state index in [1.54, 1.807) is 36.0 Å². The highest BCUT2D eigenvalue weighted by Crippen LogP contribution is 2.40. The maximum atomic E-state index is 13.3. The molecule has 4 rings (SSSR count). The summed E-state index contributed by atoms with van der Waals surface area (Å²) in [6.07, 6.45) is 1.98. The molecule has 0 aliphatic carbocycles. The van der Waals surface area contributed by atoms with E-state index in [9.17, 15) is 8.42 Å². The van der Waals surface area contributed by atoms with Gasteiger partial charge in [-0.3, -0.25) is 0 Å². The van der Waals surface area contributed by atoms with Crippen LogP contribution in [0.25, 0.3) is 0 Å². The Labute approximate surface area is 162 Å². The molecule has 0 saturated carbocycles. The molecule has 6 nitrogen and oxygen atoms in total. The van der Waals surface area contributed by atoms with Gasteiger partial charge in [0.2, 0.25) is 0 Å². The summed E-state index contributed by atoms with van der Waals surface area (Å²) in [6.45, 7) is 1.03. The van der Waals surface area contributed by atoms with Gasteiger partial charge >= 0.3 is 0 Å². The monoisotopic (exact) mass is 404 g/mol. The van der Waals surface area contributed by atoms with Gasteiger partial charge in [-0.1, -0.05) is 12.1 Å². The summed E-state index contributed by atoms with van der Waals surface area (Å²) in [5.41, 5.74) is 1.78. The Kier molecular flexibility index (Phi) is 4.71. The summed E-state index contributed by atoms with van der Waals surface area (Å²) < 4.78 is 41.4. The van der Waals surface area contributed by atoms with Gasteiger partial charge in [0.1, 0.15) is 4.21 Å². The Morgan fingerprint density at radius 2 is 1.85 bits per heavy atom. The number of hydrogen-bond donors (Lipinski definition) is 0. The second-order valence-corrected chi connectivity index (χ2v) is 9.26. The van der Waals surface area contributed by atoms with Crippen LogP contribution in [0.1, 0.15) is 17.3 Å². The van der Waals surface area contributed by atoms with E-state index in [-0.39, 0.29) is 0 Å². The molecule has 2 aromatic heterocycles. The average molecular weight is 405 g/mol. The first kappa shape index (κ1) is 18.1. The smallest absolute Gasteiger partial charge is 0.253 e. The summed E-state index contributed by atoms with van der Waals surface area (Å²) in [7, 11) is -0.450. The molecule has 1 atom stereocenters. The van der Waals surface area contributed by atoms with Crippen LogP contribution in [0.5, 0.6) is 11.5 Å². The molecule has 3 aromatic rings. The summed E-state index contributed by atoms with van der Waals surface area (Å²) in [4.78, 5) is 0. The van der Waals surface area contributed by atoms with Gasteiger partial charge in [-0.25, -0.2) is 8.42 Å². The van der Waals surface area contributed by atoms with Gasteiger partial charge in [-0.15, -0.1) is 11.3 Å². The molecule has 8 heteroatoms. The van der Waals surface area contributed by atoms with E-state index in [1.165, 1.54) is 11.3 Å². The molecule has 1 aliphatic heterocycles. The molecule has 142 valence electrons. The third kappa shape index (κ3) is 3.03. The molecule has 27 heavy (non-hydrogen) atoms. The van der Waals surface area contributed by atoms with Crippen molar-refractivity contribution in [1.82, 2.24) is 8.87 Å². The van der Waals surface area contributed by atoms with E-state index in [0.29, 0.717) is 28.8 Å². The van der Waals surface area contributed by atoms with Crippen molar-refractivity contribution >= 4 is 21.4 Å². The SMILES string of the molecule is COc1ccc([C@H]2c3cccn3CCN2S(=O)(=O)c2cccs2)cc1OC. The molecule has 0 amide bonds. The highest BCUT2D eigenvalue weighted by molar-refractivity contribution is 7.91. The van der Waals surface area contributed by atoms with E-state index in [0.717, 1.165) is 11.3 Å². The van der Waals surface area contributed by atoms with Crippen LogP contribution in [0.3, 0.4) is 0 Å². The van der Waals surface area contributed by atoms with E-state index in [4.69, 9.17) is 9.47 Å². The number of nitrogens with zero attached hydrogens (tertiary/aromatic N) is 2. The minimum absolute atomic E-state index is 0.355. The van der Waals surface area contributed by atoms with Gasteiger partial charge in [-0.2, -0.15) is 4.31 Å². The van der Waals surface area contributed by atoms with Gasteiger partial charge < -0.3 is 14.0 Å². The summed E-state index contributed by atoms with van der Waals surface area (Å²) in [5, 5.41) is 1.78. The van der Waals surface area contributed by atoms with Crippen LogP contribution in [-0.4, -0.2) is 38.1 Å². The molecule has 3 heterocycles. The van der Waals surface area contributed by atoms with Crippen LogP contribution in [0, 0.1) is 0 Å². The lowest BCUT2D eigenvalue weighted by Gasteiger charge is -2.36. The number of methoxy groups -OCH3 is 2. The van der Waals surface area contributed by atoms with E-state index in [2.05, 4.69) is 4.57 Å². The number of benzene rings is 1. The van der Waals surface area contributed by atoms with Gasteiger partial charge in [0.15, 0.2) is 11.5 Å². The quantitative estimate of drug-likeness (QED) is 0.654. The molecule has 1 aliphatic rings. The average Bonchev–Trinajstić information content (AvgIpc) is 3.38. The highest BCUT2D eigenvalue weighted by Gasteiger charge is 2.38. The molecule has 0 fully saturated rings. The Balaban J connectivity index is 1.86. The van der Waals surface area contributed by atoms with Gasteiger partial charge in [0.05, 0.1) is 20.3 Å². The number of ether oxygens (including phenoxy) is 2. The molecule has 0 saturated heterocycles. The zero-order chi connectivity index (χ0) is 19.0. The van der Waals surface area contributed by atoms with Crippen molar-refractivity contribution in [2.24, 2.45) is 0 Å². The lowest BCUT2D eigenvalue weighted by molar-refractivity contribution is 0.297. The Bertz CT molecular complexity index is 1040. The normalized spacial score (nSPS) is 17.5. The molecule has 0 radical (unpaired) electrons. The molecule has 0 N–H and O–H groups in total. The number of aromatic nitrogens is 1. The lowest BCUT2D eigenvalue weighted by atomic mass is 10.0. The predicted molar refractivity (Wildman–Crippen MR) is 104 cm³/mol. The Morgan fingerprint density at radius 3 is 2.56 bits per heavy atom. The van der Waals surface area contributed by atoms with Gasteiger partial charge in [0.25, 0.3) is 10.0 Å². The second-order valence-electron chi connectivity index (χ2n) is 6.19. The first-order valence-electron chi connectivity index (χ1n) is 8.48. The van der Waals surface area contributed by atoms with Crippen LogP contribution in [0.2, 0.25) is 0 Å². The first-order chi connectivity index (χ1) is 13.1.